The third-order valence-electron chi connectivity index (χ3n) is 4.40. The summed E-state index contributed by atoms with van der Waals surface area (Å²) in [6.07, 6.45) is 0.550. The lowest BCUT2D eigenvalue weighted by molar-refractivity contribution is -0.311. The highest BCUT2D eigenvalue weighted by molar-refractivity contribution is 5.76. The molecule has 2 aromatic carbocycles. The highest BCUT2D eigenvalue weighted by Gasteiger charge is 2.15. The van der Waals surface area contributed by atoms with Gasteiger partial charge in [-0.3, -0.25) is 0 Å². The number of nitrogens with zero attached hydrogens (tertiary/aromatic N) is 2. The third-order valence-corrected chi connectivity index (χ3v) is 4.40. The molecule has 0 fully saturated rings. The number of carbonyl (C=O) groups is 1. The minimum atomic E-state index is -1.07. The molecule has 0 aliphatic rings. The molecule has 136 valence electrons. The Balaban J connectivity index is 2.00. The van der Waals surface area contributed by atoms with Crippen LogP contribution in [-0.2, 0) is 17.8 Å². The largest absolute Gasteiger partial charge is 0.550 e. The van der Waals surface area contributed by atoms with E-state index in [9.17, 15) is 9.90 Å². The van der Waals surface area contributed by atoms with Gasteiger partial charge in [-0.25, -0.2) is 4.98 Å². The van der Waals surface area contributed by atoms with Crippen LogP contribution in [0.3, 0.4) is 0 Å². The van der Waals surface area contributed by atoms with Gasteiger partial charge in [0, 0.05) is 24.9 Å². The molecular formula is C20H21N2O4-. The van der Waals surface area contributed by atoms with Crippen molar-refractivity contribution < 1.29 is 19.4 Å². The zero-order chi connectivity index (χ0) is 18.7. The molecule has 0 aliphatic heterocycles. The van der Waals surface area contributed by atoms with Gasteiger partial charge in [-0.1, -0.05) is 25.1 Å². The second kappa shape index (κ2) is 7.47. The van der Waals surface area contributed by atoms with Crippen molar-refractivity contribution in [3.05, 3.63) is 53.9 Å². The summed E-state index contributed by atoms with van der Waals surface area (Å²) >= 11 is 0. The number of benzene rings is 2. The van der Waals surface area contributed by atoms with E-state index in [1.165, 1.54) is 0 Å². The topological polar surface area (TPSA) is 76.4 Å². The number of methoxy groups -OCH3 is 2. The van der Waals surface area contributed by atoms with E-state index < -0.39 is 11.9 Å². The first-order valence-electron chi connectivity index (χ1n) is 8.39. The first-order chi connectivity index (χ1) is 12.5. The Labute approximate surface area is 152 Å². The maximum atomic E-state index is 11.2. The first kappa shape index (κ1) is 17.8. The number of aliphatic carboxylic acids is 1. The van der Waals surface area contributed by atoms with E-state index in [2.05, 4.69) is 0 Å². The van der Waals surface area contributed by atoms with E-state index in [0.717, 1.165) is 22.4 Å². The smallest absolute Gasteiger partial charge is 0.161 e. The Kier molecular flexibility index (Phi) is 5.11. The Morgan fingerprint density at radius 2 is 1.88 bits per heavy atom. The summed E-state index contributed by atoms with van der Waals surface area (Å²) in [7, 11) is 3.19. The van der Waals surface area contributed by atoms with Gasteiger partial charge in [0.1, 0.15) is 5.82 Å². The molecule has 0 spiro atoms. The van der Waals surface area contributed by atoms with Crippen molar-refractivity contribution in [3.63, 3.8) is 0 Å². The predicted octanol–water partition coefficient (Wildman–Crippen LogP) is 2.03. The number of rotatable bonds is 7. The molecule has 0 bridgehead atoms. The molecule has 3 aromatic rings. The highest BCUT2D eigenvalue weighted by Crippen LogP contribution is 2.29. The Bertz CT molecular complexity index is 933. The fraction of sp³-hybridized carbons (Fsp3) is 0.300. The van der Waals surface area contributed by atoms with Crippen molar-refractivity contribution in [2.24, 2.45) is 5.92 Å². The molecule has 0 radical (unpaired) electrons. The average molecular weight is 353 g/mol. The number of carbonyl (C=O) groups excluding carboxylic acids is 1. The molecule has 6 nitrogen and oxygen atoms in total. The molecular weight excluding hydrogens is 332 g/mol. The van der Waals surface area contributed by atoms with Crippen molar-refractivity contribution in [1.82, 2.24) is 9.55 Å². The number of carboxylic acid groups (broad SMARTS) is 1. The second-order valence-electron chi connectivity index (χ2n) is 6.21. The molecule has 0 saturated carbocycles. The molecule has 0 unspecified atom stereocenters. The lowest BCUT2D eigenvalue weighted by Gasteiger charge is -2.16. The van der Waals surface area contributed by atoms with Crippen molar-refractivity contribution in [2.75, 3.05) is 14.2 Å². The standard InChI is InChI=1S/C20H22N2O4/c1-13(20(23)24)12-22-16-7-5-4-6-15(16)21-19(22)11-14-8-9-17(25-2)18(10-14)26-3/h4-10,13H,11-12H2,1-3H3,(H,23,24)/p-1/t13-/m1/s1. The molecule has 0 saturated heterocycles. The van der Waals surface area contributed by atoms with Crippen LogP contribution in [0.15, 0.2) is 42.5 Å². The second-order valence-corrected chi connectivity index (χ2v) is 6.21. The molecule has 0 N–H and O–H groups in total. The van der Waals surface area contributed by atoms with E-state index in [0.29, 0.717) is 24.5 Å². The monoisotopic (exact) mass is 353 g/mol. The van der Waals surface area contributed by atoms with Gasteiger partial charge in [0.25, 0.3) is 0 Å². The normalized spacial score (nSPS) is 12.1. The van der Waals surface area contributed by atoms with Gasteiger partial charge >= 0.3 is 0 Å². The van der Waals surface area contributed by atoms with Crippen LogP contribution in [0, 0.1) is 5.92 Å². The zero-order valence-corrected chi connectivity index (χ0v) is 15.1. The number of para-hydroxylation sites is 2. The fourth-order valence-corrected chi connectivity index (χ4v) is 2.99. The quantitative estimate of drug-likeness (QED) is 0.650. The number of aromatic nitrogens is 2. The Hall–Kier alpha value is -3.02. The van der Waals surface area contributed by atoms with Crippen LogP contribution in [0.4, 0.5) is 0 Å². The summed E-state index contributed by atoms with van der Waals surface area (Å²) in [4.78, 5) is 15.9. The van der Waals surface area contributed by atoms with Gasteiger partial charge in [0.05, 0.1) is 25.3 Å². The van der Waals surface area contributed by atoms with Crippen LogP contribution in [0.2, 0.25) is 0 Å². The van der Waals surface area contributed by atoms with Crippen LogP contribution < -0.4 is 14.6 Å². The summed E-state index contributed by atoms with van der Waals surface area (Å²) in [6.45, 7) is 1.95. The maximum Gasteiger partial charge on any atom is 0.161 e. The van der Waals surface area contributed by atoms with Crippen molar-refractivity contribution >= 4 is 17.0 Å². The molecule has 0 amide bonds. The van der Waals surface area contributed by atoms with E-state index in [1.807, 2.05) is 47.0 Å². The third kappa shape index (κ3) is 3.49. The number of fused-ring (bicyclic) bond motifs is 1. The molecule has 0 aliphatic carbocycles. The van der Waals surface area contributed by atoms with Gasteiger partial charge < -0.3 is 23.9 Å². The van der Waals surface area contributed by atoms with E-state index >= 15 is 0 Å². The van der Waals surface area contributed by atoms with E-state index in [4.69, 9.17) is 14.5 Å². The number of hydrogen-bond donors (Lipinski definition) is 0. The summed E-state index contributed by atoms with van der Waals surface area (Å²) in [6, 6.07) is 13.4. The molecule has 3 rings (SSSR count). The van der Waals surface area contributed by atoms with Crippen LogP contribution in [0.1, 0.15) is 18.3 Å². The number of ether oxygens (including phenoxy) is 2. The fourth-order valence-electron chi connectivity index (χ4n) is 2.99. The number of carboxylic acids is 1. The minimum Gasteiger partial charge on any atom is -0.550 e. The van der Waals surface area contributed by atoms with Crippen LogP contribution in [-0.4, -0.2) is 29.7 Å². The molecule has 26 heavy (non-hydrogen) atoms. The molecule has 6 heteroatoms. The van der Waals surface area contributed by atoms with Crippen molar-refractivity contribution in [3.8, 4) is 11.5 Å². The van der Waals surface area contributed by atoms with Gasteiger partial charge in [-0.15, -0.1) is 0 Å². The van der Waals surface area contributed by atoms with Crippen LogP contribution >= 0.6 is 0 Å². The van der Waals surface area contributed by atoms with E-state index in [-0.39, 0.29) is 0 Å². The SMILES string of the molecule is COc1ccc(Cc2nc3ccccc3n2C[C@@H](C)C(=O)[O-])cc1OC. The first-order valence-corrected chi connectivity index (χ1v) is 8.39. The lowest BCUT2D eigenvalue weighted by Crippen LogP contribution is -2.32. The summed E-state index contributed by atoms with van der Waals surface area (Å²) in [5.41, 5.74) is 2.75. The predicted molar refractivity (Wildman–Crippen MR) is 96.3 cm³/mol. The Morgan fingerprint density at radius 3 is 2.58 bits per heavy atom. The lowest BCUT2D eigenvalue weighted by atomic mass is 10.1. The van der Waals surface area contributed by atoms with Crippen LogP contribution in [0.5, 0.6) is 11.5 Å². The minimum absolute atomic E-state index is 0.311. The Morgan fingerprint density at radius 1 is 1.15 bits per heavy atom. The van der Waals surface area contributed by atoms with Crippen LogP contribution in [0.25, 0.3) is 11.0 Å². The molecule has 1 aromatic heterocycles. The van der Waals surface area contributed by atoms with E-state index in [1.54, 1.807) is 21.1 Å². The maximum absolute atomic E-state index is 11.2. The zero-order valence-electron chi connectivity index (χ0n) is 15.1. The summed E-state index contributed by atoms with van der Waals surface area (Å²) < 4.78 is 12.6. The van der Waals surface area contributed by atoms with Crippen molar-refractivity contribution in [2.45, 2.75) is 19.9 Å². The molecule has 1 atom stereocenters. The highest BCUT2D eigenvalue weighted by atomic mass is 16.5. The summed E-state index contributed by atoms with van der Waals surface area (Å²) in [5, 5.41) is 11.2. The van der Waals surface area contributed by atoms with Crippen molar-refractivity contribution in [1.29, 1.82) is 0 Å². The number of hydrogen-bond acceptors (Lipinski definition) is 5. The average Bonchev–Trinajstić information content (AvgIpc) is 2.98. The van der Waals surface area contributed by atoms with Gasteiger partial charge in [0.15, 0.2) is 11.5 Å². The summed E-state index contributed by atoms with van der Waals surface area (Å²) in [5.74, 6) is 0.425. The number of imidazole rings is 1. The van der Waals surface area contributed by atoms with Gasteiger partial charge in [0.2, 0.25) is 0 Å². The van der Waals surface area contributed by atoms with Gasteiger partial charge in [-0.05, 0) is 29.8 Å². The molecule has 1 heterocycles. The van der Waals surface area contributed by atoms with Gasteiger partial charge in [-0.2, -0.15) is 0 Å².